The molecule has 0 heterocycles. The van der Waals surface area contributed by atoms with E-state index in [0.717, 1.165) is 25.9 Å². The van der Waals surface area contributed by atoms with Gasteiger partial charge >= 0.3 is 0 Å². The first-order valence-corrected chi connectivity index (χ1v) is 4.86. The summed E-state index contributed by atoms with van der Waals surface area (Å²) in [5, 5.41) is 3.11. The molecule has 0 saturated heterocycles. The fourth-order valence-electron chi connectivity index (χ4n) is 0.738. The minimum atomic E-state index is -0.831. The first-order valence-electron chi connectivity index (χ1n) is 4.11. The predicted molar refractivity (Wildman–Crippen MR) is 54.6 cm³/mol. The second-order valence-electron chi connectivity index (χ2n) is 2.73. The van der Waals surface area contributed by atoms with E-state index < -0.39 is 4.33 Å². The van der Waals surface area contributed by atoms with Crippen LogP contribution in [0.1, 0.15) is 12.8 Å². The molecule has 0 radical (unpaired) electrons. The van der Waals surface area contributed by atoms with Crippen LogP contribution in [0.2, 0.25) is 0 Å². The van der Waals surface area contributed by atoms with E-state index in [9.17, 15) is 0 Å². The maximum Gasteiger partial charge on any atom is 0.142 e. The van der Waals surface area contributed by atoms with Gasteiger partial charge in [0.25, 0.3) is 0 Å². The highest BCUT2D eigenvalue weighted by Crippen LogP contribution is 2.17. The molecule has 0 amide bonds. The lowest BCUT2D eigenvalue weighted by molar-refractivity contribution is 0.594. The zero-order valence-corrected chi connectivity index (χ0v) is 8.67. The Kier molecular flexibility index (Phi) is 7.19. The number of nitrogens with one attached hydrogen (secondary N) is 1. The van der Waals surface area contributed by atoms with Crippen molar-refractivity contribution in [3.63, 3.8) is 0 Å². The molecule has 3 nitrogen and oxygen atoms in total. The van der Waals surface area contributed by atoms with Crippen molar-refractivity contribution in [2.75, 3.05) is 26.2 Å². The zero-order chi connectivity index (χ0) is 9.45. The lowest BCUT2D eigenvalue weighted by Gasteiger charge is -2.17. The number of alkyl halides is 2. The molecular formula is C7H17Cl2N3. The van der Waals surface area contributed by atoms with Gasteiger partial charge in [-0.05, 0) is 25.9 Å². The van der Waals surface area contributed by atoms with E-state index in [-0.39, 0.29) is 6.54 Å². The van der Waals surface area contributed by atoms with Crippen molar-refractivity contribution >= 4 is 23.2 Å². The second-order valence-corrected chi connectivity index (χ2v) is 4.37. The van der Waals surface area contributed by atoms with Crippen LogP contribution in [0.25, 0.3) is 0 Å². The largest absolute Gasteiger partial charge is 0.330 e. The molecule has 5 heteroatoms. The third-order valence-corrected chi connectivity index (χ3v) is 2.07. The normalized spacial score (nSPS) is 12.0. The average molecular weight is 214 g/mol. The Bertz CT molecular complexity index is 109. The first-order chi connectivity index (χ1) is 5.62. The van der Waals surface area contributed by atoms with Crippen molar-refractivity contribution in [3.8, 4) is 0 Å². The zero-order valence-electron chi connectivity index (χ0n) is 7.15. The molecule has 0 bridgehead atoms. The van der Waals surface area contributed by atoms with Crippen LogP contribution < -0.4 is 16.8 Å². The van der Waals surface area contributed by atoms with Crippen molar-refractivity contribution in [2.24, 2.45) is 11.5 Å². The topological polar surface area (TPSA) is 64.1 Å². The molecule has 74 valence electrons. The summed E-state index contributed by atoms with van der Waals surface area (Å²) in [6, 6.07) is 0. The van der Waals surface area contributed by atoms with Crippen molar-refractivity contribution < 1.29 is 0 Å². The Hall–Kier alpha value is 0.460. The Balaban J connectivity index is 3.19. The van der Waals surface area contributed by atoms with E-state index in [0.29, 0.717) is 6.54 Å². The van der Waals surface area contributed by atoms with Crippen LogP contribution in [0.5, 0.6) is 0 Å². The first kappa shape index (κ1) is 12.5. The standard InChI is InChI=1S/C7H17Cl2N3/c8-7(9,5-11)6-12-4-2-1-3-10/h12H,1-6,10-11H2. The molecule has 0 aliphatic rings. The number of hydrogen-bond acceptors (Lipinski definition) is 3. The van der Waals surface area contributed by atoms with E-state index in [4.69, 9.17) is 34.7 Å². The Morgan fingerprint density at radius 3 is 2.33 bits per heavy atom. The maximum absolute atomic E-state index is 5.79. The maximum atomic E-state index is 5.79. The number of unbranched alkanes of at least 4 members (excludes halogenated alkanes) is 1. The van der Waals surface area contributed by atoms with E-state index in [1.165, 1.54) is 0 Å². The van der Waals surface area contributed by atoms with E-state index in [2.05, 4.69) is 5.32 Å². The van der Waals surface area contributed by atoms with Crippen molar-refractivity contribution in [1.29, 1.82) is 0 Å². The predicted octanol–water partition coefficient (Wildman–Crippen LogP) is 0.448. The van der Waals surface area contributed by atoms with Gasteiger partial charge < -0.3 is 16.8 Å². The smallest absolute Gasteiger partial charge is 0.142 e. The van der Waals surface area contributed by atoms with E-state index >= 15 is 0 Å². The van der Waals surface area contributed by atoms with Crippen LogP contribution in [-0.4, -0.2) is 30.5 Å². The van der Waals surface area contributed by atoms with Crippen LogP contribution in [0, 0.1) is 0 Å². The lowest BCUT2D eigenvalue weighted by atomic mass is 10.3. The second kappa shape index (κ2) is 6.92. The SMILES string of the molecule is NCCCCNCC(Cl)(Cl)CN. The fourth-order valence-corrected chi connectivity index (χ4v) is 0.927. The molecule has 0 unspecified atom stereocenters. The van der Waals surface area contributed by atoms with E-state index in [1.54, 1.807) is 0 Å². The Labute approximate surface area is 83.8 Å². The summed E-state index contributed by atoms with van der Waals surface area (Å²) < 4.78 is -0.831. The number of hydrogen-bond donors (Lipinski definition) is 3. The summed E-state index contributed by atoms with van der Waals surface area (Å²) in [4.78, 5) is 0. The fraction of sp³-hybridized carbons (Fsp3) is 1.00. The summed E-state index contributed by atoms with van der Waals surface area (Å²) in [6.07, 6.45) is 2.07. The summed E-state index contributed by atoms with van der Waals surface area (Å²) in [5.74, 6) is 0. The molecule has 0 fully saturated rings. The van der Waals surface area contributed by atoms with Crippen LogP contribution in [0.4, 0.5) is 0 Å². The molecule has 5 N–H and O–H groups in total. The molecule has 0 aliphatic heterocycles. The number of nitrogens with two attached hydrogens (primary N) is 2. The van der Waals surface area contributed by atoms with Gasteiger partial charge in [-0.15, -0.1) is 0 Å². The van der Waals surface area contributed by atoms with Crippen LogP contribution in [-0.2, 0) is 0 Å². The third kappa shape index (κ3) is 7.13. The molecule has 0 aromatic carbocycles. The van der Waals surface area contributed by atoms with Gasteiger partial charge in [-0.1, -0.05) is 23.2 Å². The van der Waals surface area contributed by atoms with Gasteiger partial charge in [0, 0.05) is 13.1 Å². The highest BCUT2D eigenvalue weighted by molar-refractivity contribution is 6.48. The van der Waals surface area contributed by atoms with Gasteiger partial charge in [-0.3, -0.25) is 0 Å². The van der Waals surface area contributed by atoms with Crippen LogP contribution in [0.15, 0.2) is 0 Å². The molecule has 0 aromatic rings. The summed E-state index contributed by atoms with van der Waals surface area (Å²) >= 11 is 11.6. The Morgan fingerprint density at radius 1 is 1.17 bits per heavy atom. The Morgan fingerprint density at radius 2 is 1.83 bits per heavy atom. The van der Waals surface area contributed by atoms with Gasteiger partial charge in [0.2, 0.25) is 0 Å². The monoisotopic (exact) mass is 213 g/mol. The molecule has 12 heavy (non-hydrogen) atoms. The minimum absolute atomic E-state index is 0.264. The highest BCUT2D eigenvalue weighted by atomic mass is 35.5. The van der Waals surface area contributed by atoms with Gasteiger partial charge in [0.1, 0.15) is 4.33 Å². The third-order valence-electron chi connectivity index (χ3n) is 1.49. The van der Waals surface area contributed by atoms with Crippen molar-refractivity contribution in [3.05, 3.63) is 0 Å². The number of halogens is 2. The van der Waals surface area contributed by atoms with Crippen LogP contribution in [0.3, 0.4) is 0 Å². The highest BCUT2D eigenvalue weighted by Gasteiger charge is 2.20. The molecule has 0 saturated carbocycles. The van der Waals surface area contributed by atoms with Gasteiger partial charge in [0.05, 0.1) is 0 Å². The molecule has 0 aromatic heterocycles. The van der Waals surface area contributed by atoms with Crippen LogP contribution >= 0.6 is 23.2 Å². The van der Waals surface area contributed by atoms with Gasteiger partial charge in [-0.2, -0.15) is 0 Å². The quantitative estimate of drug-likeness (QED) is 0.426. The minimum Gasteiger partial charge on any atom is -0.330 e. The summed E-state index contributed by atoms with van der Waals surface area (Å²) in [6.45, 7) is 2.40. The lowest BCUT2D eigenvalue weighted by Crippen LogP contribution is -2.37. The molecular weight excluding hydrogens is 197 g/mol. The summed E-state index contributed by atoms with van der Waals surface area (Å²) in [7, 11) is 0. The van der Waals surface area contributed by atoms with E-state index in [1.807, 2.05) is 0 Å². The molecule has 0 atom stereocenters. The van der Waals surface area contributed by atoms with Gasteiger partial charge in [0.15, 0.2) is 0 Å². The summed E-state index contributed by atoms with van der Waals surface area (Å²) in [5.41, 5.74) is 10.6. The molecule has 0 spiro atoms. The van der Waals surface area contributed by atoms with Crippen molar-refractivity contribution in [2.45, 2.75) is 17.2 Å². The van der Waals surface area contributed by atoms with Crippen molar-refractivity contribution in [1.82, 2.24) is 5.32 Å². The average Bonchev–Trinajstić information content (AvgIpc) is 2.04. The number of rotatable bonds is 7. The van der Waals surface area contributed by atoms with Gasteiger partial charge in [-0.25, -0.2) is 0 Å². The molecule has 0 rings (SSSR count). The molecule has 0 aliphatic carbocycles.